The predicted molar refractivity (Wildman–Crippen MR) is 67.6 cm³/mol. The third kappa shape index (κ3) is 1.31. The molecule has 0 atom stereocenters. The van der Waals surface area contributed by atoms with Gasteiger partial charge in [0.1, 0.15) is 0 Å². The number of hydrogen-bond donors (Lipinski definition) is 2. The van der Waals surface area contributed by atoms with Crippen LogP contribution in [0.2, 0.25) is 0 Å². The Morgan fingerprint density at radius 1 is 1.22 bits per heavy atom. The molecule has 0 saturated carbocycles. The summed E-state index contributed by atoms with van der Waals surface area (Å²) in [6, 6.07) is 5.49. The van der Waals surface area contributed by atoms with E-state index < -0.39 is 0 Å². The molecule has 0 radical (unpaired) electrons. The molecule has 0 aliphatic heterocycles. The predicted octanol–water partition coefficient (Wildman–Crippen LogP) is 2.12. The molecule has 0 fully saturated rings. The third-order valence-electron chi connectivity index (χ3n) is 2.69. The molecule has 0 aliphatic carbocycles. The second kappa shape index (κ2) is 3.30. The first-order chi connectivity index (χ1) is 8.79. The molecular formula is C11H6N4O2S. The van der Waals surface area contributed by atoms with Crippen LogP contribution in [0.3, 0.4) is 0 Å². The lowest BCUT2D eigenvalue weighted by atomic mass is 10.3. The second-order valence-corrected chi connectivity index (χ2v) is 4.86. The maximum absolute atomic E-state index is 11.3. The summed E-state index contributed by atoms with van der Waals surface area (Å²) in [7, 11) is 0. The molecule has 88 valence electrons. The van der Waals surface area contributed by atoms with Gasteiger partial charge in [-0.05, 0) is 12.1 Å². The van der Waals surface area contributed by atoms with E-state index in [1.807, 2.05) is 12.1 Å². The van der Waals surface area contributed by atoms with Gasteiger partial charge in [0.25, 0.3) is 0 Å². The zero-order valence-electron chi connectivity index (χ0n) is 8.93. The van der Waals surface area contributed by atoms with Gasteiger partial charge < -0.3 is 14.5 Å². The van der Waals surface area contributed by atoms with Gasteiger partial charge in [-0.25, -0.2) is 4.98 Å². The van der Waals surface area contributed by atoms with Crippen molar-refractivity contribution in [2.24, 2.45) is 0 Å². The van der Waals surface area contributed by atoms with Crippen molar-refractivity contribution < 1.29 is 4.52 Å². The molecule has 0 saturated heterocycles. The van der Waals surface area contributed by atoms with E-state index in [-0.39, 0.29) is 4.87 Å². The zero-order valence-corrected chi connectivity index (χ0v) is 9.75. The van der Waals surface area contributed by atoms with Crippen molar-refractivity contribution in [3.05, 3.63) is 34.1 Å². The molecular weight excluding hydrogens is 252 g/mol. The van der Waals surface area contributed by atoms with E-state index in [0.29, 0.717) is 11.6 Å². The van der Waals surface area contributed by atoms with E-state index in [4.69, 9.17) is 4.52 Å². The van der Waals surface area contributed by atoms with Crippen LogP contribution >= 0.6 is 11.3 Å². The zero-order chi connectivity index (χ0) is 12.1. The molecule has 4 rings (SSSR count). The molecule has 6 nitrogen and oxygen atoms in total. The largest absolute Gasteiger partial charge is 0.353 e. The third-order valence-corrected chi connectivity index (χ3v) is 3.54. The number of nitrogens with one attached hydrogen (secondary N) is 2. The lowest BCUT2D eigenvalue weighted by Crippen LogP contribution is -1.89. The van der Waals surface area contributed by atoms with Crippen molar-refractivity contribution in [3.63, 3.8) is 0 Å². The topological polar surface area (TPSA) is 87.6 Å². The Hall–Kier alpha value is -2.41. The molecule has 18 heavy (non-hydrogen) atoms. The minimum Gasteiger partial charge on any atom is -0.353 e. The molecule has 0 aliphatic rings. The second-order valence-electron chi connectivity index (χ2n) is 3.84. The minimum atomic E-state index is -0.0619. The van der Waals surface area contributed by atoms with Crippen molar-refractivity contribution in [3.8, 4) is 11.6 Å². The van der Waals surface area contributed by atoms with Gasteiger partial charge in [-0.2, -0.15) is 0 Å². The van der Waals surface area contributed by atoms with Crippen LogP contribution in [-0.2, 0) is 0 Å². The van der Waals surface area contributed by atoms with Gasteiger partial charge >= 0.3 is 4.87 Å². The fourth-order valence-corrected chi connectivity index (χ4v) is 2.66. The van der Waals surface area contributed by atoms with Crippen LogP contribution in [0.5, 0.6) is 0 Å². The summed E-state index contributed by atoms with van der Waals surface area (Å²) in [5.41, 5.74) is 2.46. The number of H-pyrrole nitrogens is 2. The van der Waals surface area contributed by atoms with E-state index in [2.05, 4.69) is 20.1 Å². The number of rotatable bonds is 1. The first kappa shape index (κ1) is 9.60. The molecule has 3 aromatic heterocycles. The van der Waals surface area contributed by atoms with Crippen molar-refractivity contribution in [1.29, 1.82) is 0 Å². The number of nitrogens with zero attached hydrogens (tertiary/aromatic N) is 2. The Kier molecular flexibility index (Phi) is 1.76. The Balaban J connectivity index is 2.03. The number of hydrogen-bond acceptors (Lipinski definition) is 5. The average Bonchev–Trinajstić information content (AvgIpc) is 3.02. The summed E-state index contributed by atoms with van der Waals surface area (Å²) in [6.45, 7) is 0. The average molecular weight is 258 g/mol. The quantitative estimate of drug-likeness (QED) is 0.547. The highest BCUT2D eigenvalue weighted by molar-refractivity contribution is 7.16. The van der Waals surface area contributed by atoms with Crippen LogP contribution in [0.4, 0.5) is 0 Å². The fraction of sp³-hybridized carbons (Fsp3) is 0. The van der Waals surface area contributed by atoms with Gasteiger partial charge in [0.2, 0.25) is 5.76 Å². The highest BCUT2D eigenvalue weighted by Crippen LogP contribution is 2.24. The van der Waals surface area contributed by atoms with Crippen LogP contribution < -0.4 is 4.87 Å². The first-order valence-corrected chi connectivity index (χ1v) is 6.05. The van der Waals surface area contributed by atoms with Crippen molar-refractivity contribution in [2.75, 3.05) is 0 Å². The monoisotopic (exact) mass is 258 g/mol. The molecule has 0 amide bonds. The van der Waals surface area contributed by atoms with Crippen LogP contribution in [0.25, 0.3) is 32.8 Å². The van der Waals surface area contributed by atoms with Gasteiger partial charge in [-0.3, -0.25) is 4.79 Å². The van der Waals surface area contributed by atoms with Crippen molar-refractivity contribution in [2.45, 2.75) is 0 Å². The fourth-order valence-electron chi connectivity index (χ4n) is 1.91. The van der Waals surface area contributed by atoms with E-state index in [1.165, 1.54) is 11.3 Å². The highest BCUT2D eigenvalue weighted by Gasteiger charge is 2.10. The molecule has 7 heteroatoms. The summed E-state index contributed by atoms with van der Waals surface area (Å²) in [5, 5.41) is 3.65. The van der Waals surface area contributed by atoms with Crippen molar-refractivity contribution in [1.82, 2.24) is 20.1 Å². The van der Waals surface area contributed by atoms with Crippen LogP contribution in [0.1, 0.15) is 0 Å². The van der Waals surface area contributed by atoms with Crippen molar-refractivity contribution >= 4 is 32.6 Å². The smallest absolute Gasteiger partial charge is 0.305 e. The Bertz CT molecular complexity index is 846. The summed E-state index contributed by atoms with van der Waals surface area (Å²) in [4.78, 5) is 21.5. The van der Waals surface area contributed by atoms with Gasteiger partial charge in [0, 0.05) is 6.07 Å². The SMILES string of the molecule is O=c1[nH]c2cc3[nH]c(-c4ccno4)nc3cc2s1. The highest BCUT2D eigenvalue weighted by atomic mass is 32.1. The Morgan fingerprint density at radius 3 is 3.00 bits per heavy atom. The molecule has 0 spiro atoms. The Labute approximate surface area is 103 Å². The Morgan fingerprint density at radius 2 is 2.17 bits per heavy atom. The summed E-state index contributed by atoms with van der Waals surface area (Å²) < 4.78 is 5.94. The number of aromatic amines is 2. The normalized spacial score (nSPS) is 11.6. The molecule has 0 bridgehead atoms. The summed E-state index contributed by atoms with van der Waals surface area (Å²) >= 11 is 1.17. The maximum atomic E-state index is 11.3. The number of benzene rings is 1. The number of aromatic nitrogens is 4. The van der Waals surface area contributed by atoms with Gasteiger partial charge in [-0.1, -0.05) is 16.5 Å². The van der Waals surface area contributed by atoms with Gasteiger partial charge in [0.05, 0.1) is 27.4 Å². The van der Waals surface area contributed by atoms with E-state index in [0.717, 1.165) is 21.3 Å². The number of imidazole rings is 1. The molecule has 3 heterocycles. The number of fused-ring (bicyclic) bond motifs is 2. The van der Waals surface area contributed by atoms with E-state index >= 15 is 0 Å². The van der Waals surface area contributed by atoms with Crippen LogP contribution in [0.15, 0.2) is 33.7 Å². The van der Waals surface area contributed by atoms with E-state index in [9.17, 15) is 4.79 Å². The number of thiazole rings is 1. The molecule has 0 unspecified atom stereocenters. The minimum absolute atomic E-state index is 0.0619. The lowest BCUT2D eigenvalue weighted by molar-refractivity contribution is 0.430. The first-order valence-electron chi connectivity index (χ1n) is 5.23. The molecule has 4 aromatic rings. The summed E-state index contributed by atoms with van der Waals surface area (Å²) in [5.74, 6) is 1.21. The van der Waals surface area contributed by atoms with Crippen LogP contribution in [-0.4, -0.2) is 20.1 Å². The molecule has 2 N–H and O–H groups in total. The molecule has 1 aromatic carbocycles. The van der Waals surface area contributed by atoms with Gasteiger partial charge in [-0.15, -0.1) is 0 Å². The van der Waals surface area contributed by atoms with E-state index in [1.54, 1.807) is 12.3 Å². The van der Waals surface area contributed by atoms with Crippen LogP contribution in [0, 0.1) is 0 Å². The standard InChI is InChI=1S/C11H6N4O2S/c16-11-15-7-3-5-6(4-9(7)18-11)14-10(13-5)8-1-2-12-17-8/h1-4H,(H,13,14)(H,15,16). The summed E-state index contributed by atoms with van der Waals surface area (Å²) in [6.07, 6.45) is 1.57. The maximum Gasteiger partial charge on any atom is 0.305 e. The van der Waals surface area contributed by atoms with Gasteiger partial charge in [0.15, 0.2) is 5.82 Å². The lowest BCUT2D eigenvalue weighted by Gasteiger charge is -1.87.